The molecule has 0 unspecified atom stereocenters. The van der Waals surface area contributed by atoms with Gasteiger partial charge in [0.15, 0.2) is 0 Å². The van der Waals surface area contributed by atoms with Crippen LogP contribution in [-0.2, 0) is 4.79 Å². The van der Waals surface area contributed by atoms with E-state index in [1.54, 1.807) is 24.3 Å². The van der Waals surface area contributed by atoms with Crippen LogP contribution in [0.2, 0.25) is 0 Å². The van der Waals surface area contributed by atoms with Gasteiger partial charge in [0.2, 0.25) is 5.91 Å². The summed E-state index contributed by atoms with van der Waals surface area (Å²) in [5, 5.41) is 20.1. The van der Waals surface area contributed by atoms with Gasteiger partial charge in [0.25, 0.3) is 5.91 Å². The van der Waals surface area contributed by atoms with E-state index in [4.69, 9.17) is 10.5 Å². The molecule has 6 nitrogen and oxygen atoms in total. The second-order valence-corrected chi connectivity index (χ2v) is 4.98. The van der Waals surface area contributed by atoms with Gasteiger partial charge in [-0.2, -0.15) is 10.5 Å². The lowest BCUT2D eigenvalue weighted by Gasteiger charge is -2.20. The van der Waals surface area contributed by atoms with Crippen molar-refractivity contribution in [2.75, 3.05) is 18.4 Å². The SMILES string of the molecule is CCCC(=O)Nc1ccc(C(=O)N(CCC#N)CCC#N)cc1. The minimum atomic E-state index is -0.220. The Morgan fingerprint density at radius 3 is 2.13 bits per heavy atom. The van der Waals surface area contributed by atoms with Crippen LogP contribution in [0.4, 0.5) is 5.69 Å². The Hall–Kier alpha value is -2.86. The first-order valence-electron chi connectivity index (χ1n) is 7.55. The van der Waals surface area contributed by atoms with Crippen LogP contribution in [-0.4, -0.2) is 29.8 Å². The highest BCUT2D eigenvalue weighted by atomic mass is 16.2. The molecule has 0 aliphatic carbocycles. The van der Waals surface area contributed by atoms with Gasteiger partial charge in [-0.05, 0) is 30.7 Å². The Balaban J connectivity index is 2.75. The maximum Gasteiger partial charge on any atom is 0.253 e. The number of carbonyl (C=O) groups excluding carboxylic acids is 2. The van der Waals surface area contributed by atoms with E-state index in [9.17, 15) is 9.59 Å². The monoisotopic (exact) mass is 312 g/mol. The fourth-order valence-corrected chi connectivity index (χ4v) is 2.01. The molecule has 0 bridgehead atoms. The van der Waals surface area contributed by atoms with Crippen molar-refractivity contribution >= 4 is 17.5 Å². The number of hydrogen-bond donors (Lipinski definition) is 1. The van der Waals surface area contributed by atoms with Gasteiger partial charge in [0.1, 0.15) is 0 Å². The molecule has 0 aromatic heterocycles. The summed E-state index contributed by atoms with van der Waals surface area (Å²) in [7, 11) is 0. The van der Waals surface area contributed by atoms with Crippen LogP contribution in [0.5, 0.6) is 0 Å². The van der Waals surface area contributed by atoms with E-state index in [1.165, 1.54) is 4.90 Å². The van der Waals surface area contributed by atoms with Crippen LogP contribution in [0.3, 0.4) is 0 Å². The van der Waals surface area contributed by atoms with Crippen LogP contribution in [0.25, 0.3) is 0 Å². The Morgan fingerprint density at radius 2 is 1.65 bits per heavy atom. The number of carbonyl (C=O) groups is 2. The molecule has 1 N–H and O–H groups in total. The molecule has 0 radical (unpaired) electrons. The molecule has 2 amide bonds. The molecule has 0 atom stereocenters. The summed E-state index contributed by atoms with van der Waals surface area (Å²) < 4.78 is 0. The average Bonchev–Trinajstić information content (AvgIpc) is 2.55. The fourth-order valence-electron chi connectivity index (χ4n) is 2.01. The molecule has 0 heterocycles. The lowest BCUT2D eigenvalue weighted by atomic mass is 10.1. The van der Waals surface area contributed by atoms with Gasteiger partial charge in [-0.1, -0.05) is 6.92 Å². The fraction of sp³-hybridized carbons (Fsp3) is 0.412. The quantitative estimate of drug-likeness (QED) is 0.798. The normalized spacial score (nSPS) is 9.52. The molecule has 1 aromatic carbocycles. The van der Waals surface area contributed by atoms with Gasteiger partial charge in [0.05, 0.1) is 25.0 Å². The maximum atomic E-state index is 12.4. The maximum absolute atomic E-state index is 12.4. The van der Waals surface area contributed by atoms with Crippen LogP contribution in [0.1, 0.15) is 43.0 Å². The third-order valence-electron chi connectivity index (χ3n) is 3.17. The molecule has 0 saturated heterocycles. The van der Waals surface area contributed by atoms with E-state index in [0.717, 1.165) is 6.42 Å². The first-order chi connectivity index (χ1) is 11.1. The van der Waals surface area contributed by atoms with Crippen molar-refractivity contribution in [2.45, 2.75) is 32.6 Å². The zero-order valence-electron chi connectivity index (χ0n) is 13.2. The third-order valence-corrected chi connectivity index (χ3v) is 3.17. The second-order valence-electron chi connectivity index (χ2n) is 4.98. The van der Waals surface area contributed by atoms with E-state index in [2.05, 4.69) is 5.32 Å². The molecule has 0 aliphatic rings. The Morgan fingerprint density at radius 1 is 1.09 bits per heavy atom. The lowest BCUT2D eigenvalue weighted by Crippen LogP contribution is -2.32. The van der Waals surface area contributed by atoms with E-state index >= 15 is 0 Å². The summed E-state index contributed by atoms with van der Waals surface area (Å²) in [4.78, 5) is 25.4. The topological polar surface area (TPSA) is 97.0 Å². The van der Waals surface area contributed by atoms with Crippen molar-refractivity contribution in [3.63, 3.8) is 0 Å². The molecule has 1 aromatic rings. The summed E-state index contributed by atoms with van der Waals surface area (Å²) in [5.41, 5.74) is 1.11. The highest BCUT2D eigenvalue weighted by molar-refractivity contribution is 5.95. The molecular weight excluding hydrogens is 292 g/mol. The smallest absolute Gasteiger partial charge is 0.253 e. The highest BCUT2D eigenvalue weighted by Crippen LogP contribution is 2.13. The second kappa shape index (κ2) is 9.97. The van der Waals surface area contributed by atoms with Crippen molar-refractivity contribution < 1.29 is 9.59 Å². The number of hydrogen-bond acceptors (Lipinski definition) is 4. The van der Waals surface area contributed by atoms with E-state index in [-0.39, 0.29) is 24.7 Å². The van der Waals surface area contributed by atoms with Crippen LogP contribution in [0, 0.1) is 22.7 Å². The Kier molecular flexibility index (Phi) is 7.88. The molecule has 6 heteroatoms. The molecular formula is C17H20N4O2. The molecule has 0 saturated carbocycles. The molecule has 1 rings (SSSR count). The predicted molar refractivity (Wildman–Crippen MR) is 86.3 cm³/mol. The molecule has 0 aliphatic heterocycles. The lowest BCUT2D eigenvalue weighted by molar-refractivity contribution is -0.116. The molecule has 23 heavy (non-hydrogen) atoms. The van der Waals surface area contributed by atoms with Crippen LogP contribution < -0.4 is 5.32 Å². The van der Waals surface area contributed by atoms with E-state index in [0.29, 0.717) is 30.8 Å². The molecule has 0 spiro atoms. The van der Waals surface area contributed by atoms with Crippen molar-refractivity contribution in [1.82, 2.24) is 4.90 Å². The number of nitriles is 2. The zero-order chi connectivity index (χ0) is 17.1. The minimum Gasteiger partial charge on any atom is -0.337 e. The first kappa shape index (κ1) is 18.2. The molecule has 120 valence electrons. The van der Waals surface area contributed by atoms with Gasteiger partial charge >= 0.3 is 0 Å². The summed E-state index contributed by atoms with van der Waals surface area (Å²) in [5.74, 6) is -0.279. The average molecular weight is 312 g/mol. The predicted octanol–water partition coefficient (Wildman–Crippen LogP) is 2.69. The van der Waals surface area contributed by atoms with Gasteiger partial charge in [-0.15, -0.1) is 0 Å². The summed E-state index contributed by atoms with van der Waals surface area (Å²) in [6.45, 7) is 2.52. The summed E-state index contributed by atoms with van der Waals surface area (Å²) in [6, 6.07) is 10.6. The van der Waals surface area contributed by atoms with E-state index in [1.807, 2.05) is 19.1 Å². The number of rotatable bonds is 8. The first-order valence-corrected chi connectivity index (χ1v) is 7.55. The third kappa shape index (κ3) is 6.19. The largest absolute Gasteiger partial charge is 0.337 e. The zero-order valence-corrected chi connectivity index (χ0v) is 13.2. The van der Waals surface area contributed by atoms with E-state index < -0.39 is 0 Å². The number of benzene rings is 1. The van der Waals surface area contributed by atoms with Gasteiger partial charge in [-0.25, -0.2) is 0 Å². The van der Waals surface area contributed by atoms with Crippen LogP contribution in [0.15, 0.2) is 24.3 Å². The van der Waals surface area contributed by atoms with Gasteiger partial charge in [0, 0.05) is 30.8 Å². The number of nitrogens with one attached hydrogen (secondary N) is 1. The standard InChI is InChI=1S/C17H20N4O2/c1-2-5-16(22)20-15-8-6-14(7-9-15)17(23)21(12-3-10-18)13-4-11-19/h6-9H,2-5,12-13H2,1H3,(H,20,22). The van der Waals surface area contributed by atoms with Gasteiger partial charge < -0.3 is 10.2 Å². The summed E-state index contributed by atoms with van der Waals surface area (Å²) in [6.07, 6.45) is 1.68. The van der Waals surface area contributed by atoms with Crippen molar-refractivity contribution in [2.24, 2.45) is 0 Å². The number of nitrogens with zero attached hydrogens (tertiary/aromatic N) is 3. The number of amides is 2. The minimum absolute atomic E-state index is 0.0590. The van der Waals surface area contributed by atoms with Crippen molar-refractivity contribution in [1.29, 1.82) is 10.5 Å². The highest BCUT2D eigenvalue weighted by Gasteiger charge is 2.15. The molecule has 0 fully saturated rings. The number of anilines is 1. The summed E-state index contributed by atoms with van der Waals surface area (Å²) >= 11 is 0. The van der Waals surface area contributed by atoms with Gasteiger partial charge in [-0.3, -0.25) is 9.59 Å². The van der Waals surface area contributed by atoms with Crippen molar-refractivity contribution in [3.05, 3.63) is 29.8 Å². The van der Waals surface area contributed by atoms with Crippen molar-refractivity contribution in [3.8, 4) is 12.1 Å². The Labute approximate surface area is 136 Å². The Bertz CT molecular complexity index is 593. The van der Waals surface area contributed by atoms with Crippen LogP contribution >= 0.6 is 0 Å².